The van der Waals surface area contributed by atoms with Crippen LogP contribution in [0.2, 0.25) is 0 Å². The summed E-state index contributed by atoms with van der Waals surface area (Å²) in [6, 6.07) is 5.82. The fourth-order valence-corrected chi connectivity index (χ4v) is 2.32. The Labute approximate surface area is 121 Å². The van der Waals surface area contributed by atoms with Crippen molar-refractivity contribution < 1.29 is 9.18 Å². The van der Waals surface area contributed by atoms with E-state index in [0.717, 1.165) is 10.5 Å². The SMILES string of the molecule is Nc1ccc(C(=O)c2c[nH]c3ncc(Br)cc23)cc1F. The van der Waals surface area contributed by atoms with Gasteiger partial charge in [0.15, 0.2) is 5.78 Å². The van der Waals surface area contributed by atoms with Gasteiger partial charge in [-0.05, 0) is 40.2 Å². The quantitative estimate of drug-likeness (QED) is 0.558. The van der Waals surface area contributed by atoms with Crippen molar-refractivity contribution in [3.8, 4) is 0 Å². The van der Waals surface area contributed by atoms with Crippen LogP contribution in [0.4, 0.5) is 10.1 Å². The second-order valence-electron chi connectivity index (χ2n) is 4.32. The Morgan fingerprint density at radius 2 is 2.15 bits per heavy atom. The van der Waals surface area contributed by atoms with E-state index in [-0.39, 0.29) is 17.0 Å². The van der Waals surface area contributed by atoms with Gasteiger partial charge in [-0.25, -0.2) is 9.37 Å². The molecule has 6 heteroatoms. The van der Waals surface area contributed by atoms with Crippen LogP contribution in [-0.4, -0.2) is 15.8 Å². The number of pyridine rings is 1. The summed E-state index contributed by atoms with van der Waals surface area (Å²) in [5, 5.41) is 0.682. The summed E-state index contributed by atoms with van der Waals surface area (Å²) < 4.78 is 14.2. The molecule has 0 radical (unpaired) electrons. The molecule has 3 N–H and O–H groups in total. The van der Waals surface area contributed by atoms with Crippen LogP contribution >= 0.6 is 15.9 Å². The molecule has 0 fully saturated rings. The zero-order chi connectivity index (χ0) is 14.3. The highest BCUT2D eigenvalue weighted by molar-refractivity contribution is 9.10. The summed E-state index contributed by atoms with van der Waals surface area (Å²) in [7, 11) is 0. The van der Waals surface area contributed by atoms with E-state index in [1.165, 1.54) is 12.1 Å². The number of H-pyrrole nitrogens is 1. The van der Waals surface area contributed by atoms with Gasteiger partial charge in [-0.2, -0.15) is 0 Å². The lowest BCUT2D eigenvalue weighted by atomic mass is 10.0. The van der Waals surface area contributed by atoms with E-state index < -0.39 is 5.82 Å². The highest BCUT2D eigenvalue weighted by atomic mass is 79.9. The summed E-state index contributed by atoms with van der Waals surface area (Å²) in [6.45, 7) is 0. The number of fused-ring (bicyclic) bond motifs is 1. The number of carbonyl (C=O) groups excluding carboxylic acids is 1. The third kappa shape index (κ3) is 2.08. The molecule has 0 unspecified atom stereocenters. The van der Waals surface area contributed by atoms with Crippen molar-refractivity contribution in [3.05, 3.63) is 58.1 Å². The molecule has 0 bridgehead atoms. The zero-order valence-corrected chi connectivity index (χ0v) is 11.7. The Balaban J connectivity index is 2.12. The Hall–Kier alpha value is -2.21. The third-order valence-corrected chi connectivity index (χ3v) is 3.44. The largest absolute Gasteiger partial charge is 0.396 e. The molecular weight excluding hydrogens is 325 g/mol. The first-order valence-electron chi connectivity index (χ1n) is 5.78. The molecule has 1 aromatic carbocycles. The van der Waals surface area contributed by atoms with Crippen LogP contribution < -0.4 is 5.73 Å². The van der Waals surface area contributed by atoms with Crippen LogP contribution in [0.25, 0.3) is 11.0 Å². The predicted octanol–water partition coefficient (Wildman–Crippen LogP) is 3.28. The van der Waals surface area contributed by atoms with Gasteiger partial charge in [0.25, 0.3) is 0 Å². The molecule has 0 aliphatic heterocycles. The highest BCUT2D eigenvalue weighted by Gasteiger charge is 2.16. The Morgan fingerprint density at radius 3 is 2.90 bits per heavy atom. The average molecular weight is 334 g/mol. The van der Waals surface area contributed by atoms with E-state index in [9.17, 15) is 9.18 Å². The van der Waals surface area contributed by atoms with Crippen LogP contribution in [0.5, 0.6) is 0 Å². The van der Waals surface area contributed by atoms with Crippen molar-refractivity contribution in [1.82, 2.24) is 9.97 Å². The van der Waals surface area contributed by atoms with Crippen molar-refractivity contribution in [2.45, 2.75) is 0 Å². The van der Waals surface area contributed by atoms with Gasteiger partial charge in [0.2, 0.25) is 0 Å². The van der Waals surface area contributed by atoms with Gasteiger partial charge in [-0.3, -0.25) is 4.79 Å². The molecule has 0 spiro atoms. The average Bonchev–Trinajstić information content (AvgIpc) is 2.84. The summed E-state index contributed by atoms with van der Waals surface area (Å²) in [5.41, 5.74) is 6.72. The fourth-order valence-electron chi connectivity index (χ4n) is 1.99. The lowest BCUT2D eigenvalue weighted by Crippen LogP contribution is -2.02. The lowest BCUT2D eigenvalue weighted by molar-refractivity contribution is 0.104. The van der Waals surface area contributed by atoms with Crippen LogP contribution in [0.3, 0.4) is 0 Å². The predicted molar refractivity (Wildman–Crippen MR) is 78.0 cm³/mol. The van der Waals surface area contributed by atoms with E-state index >= 15 is 0 Å². The van der Waals surface area contributed by atoms with Crippen LogP contribution in [0.1, 0.15) is 15.9 Å². The Bertz CT molecular complexity index is 828. The van der Waals surface area contributed by atoms with Crippen molar-refractivity contribution >= 4 is 38.4 Å². The van der Waals surface area contributed by atoms with Crippen molar-refractivity contribution in [3.63, 3.8) is 0 Å². The number of hydrogen-bond acceptors (Lipinski definition) is 3. The number of halogens is 2. The molecule has 0 aliphatic carbocycles. The number of nitrogens with one attached hydrogen (secondary N) is 1. The molecule has 0 saturated heterocycles. The number of nitrogens with zero attached hydrogens (tertiary/aromatic N) is 1. The molecule has 0 amide bonds. The number of carbonyl (C=O) groups is 1. The number of anilines is 1. The van der Waals surface area contributed by atoms with Crippen LogP contribution in [0.15, 0.2) is 41.1 Å². The minimum absolute atomic E-state index is 0.0184. The van der Waals surface area contributed by atoms with Gasteiger partial charge < -0.3 is 10.7 Å². The van der Waals surface area contributed by atoms with E-state index in [1.54, 1.807) is 18.5 Å². The van der Waals surface area contributed by atoms with Gasteiger partial charge in [0, 0.05) is 33.4 Å². The topological polar surface area (TPSA) is 71.8 Å². The molecule has 3 aromatic rings. The summed E-state index contributed by atoms with van der Waals surface area (Å²) in [6.07, 6.45) is 3.21. The van der Waals surface area contributed by atoms with E-state index in [0.29, 0.717) is 16.6 Å². The van der Waals surface area contributed by atoms with Crippen LogP contribution in [0, 0.1) is 5.82 Å². The number of nitrogen functional groups attached to an aromatic ring is 1. The molecule has 3 rings (SSSR count). The van der Waals surface area contributed by atoms with Gasteiger partial charge in [-0.15, -0.1) is 0 Å². The fraction of sp³-hybridized carbons (Fsp3) is 0. The molecule has 2 heterocycles. The standard InChI is InChI=1S/C14H9BrFN3O/c15-8-4-9-10(6-19-14(9)18-5-8)13(20)7-1-2-12(17)11(16)3-7/h1-6H,17H2,(H,18,19). The monoisotopic (exact) mass is 333 g/mol. The molecule has 2 aromatic heterocycles. The number of hydrogen-bond donors (Lipinski definition) is 2. The minimum Gasteiger partial charge on any atom is -0.396 e. The Morgan fingerprint density at radius 1 is 1.35 bits per heavy atom. The maximum atomic E-state index is 13.5. The molecule has 0 saturated carbocycles. The van der Waals surface area contributed by atoms with Gasteiger partial charge in [0.1, 0.15) is 11.5 Å². The maximum Gasteiger partial charge on any atom is 0.195 e. The molecule has 0 aliphatic rings. The number of rotatable bonds is 2. The Kier molecular flexibility index (Phi) is 3.02. The number of aromatic amines is 1. The van der Waals surface area contributed by atoms with Crippen molar-refractivity contribution in [1.29, 1.82) is 0 Å². The second kappa shape index (κ2) is 4.72. The van der Waals surface area contributed by atoms with Crippen molar-refractivity contribution in [2.24, 2.45) is 0 Å². The second-order valence-corrected chi connectivity index (χ2v) is 5.23. The van der Waals surface area contributed by atoms with Gasteiger partial charge in [0.05, 0.1) is 5.69 Å². The van der Waals surface area contributed by atoms with Gasteiger partial charge >= 0.3 is 0 Å². The smallest absolute Gasteiger partial charge is 0.195 e. The molecule has 100 valence electrons. The third-order valence-electron chi connectivity index (χ3n) is 3.00. The summed E-state index contributed by atoms with van der Waals surface area (Å²) in [4.78, 5) is 19.5. The van der Waals surface area contributed by atoms with E-state index in [1.807, 2.05) is 0 Å². The van der Waals surface area contributed by atoms with E-state index in [2.05, 4.69) is 25.9 Å². The first-order chi connectivity index (χ1) is 9.56. The highest BCUT2D eigenvalue weighted by Crippen LogP contribution is 2.23. The first-order valence-corrected chi connectivity index (χ1v) is 6.58. The van der Waals surface area contributed by atoms with Crippen molar-refractivity contribution in [2.75, 3.05) is 5.73 Å². The van der Waals surface area contributed by atoms with E-state index in [4.69, 9.17) is 5.73 Å². The lowest BCUT2D eigenvalue weighted by Gasteiger charge is -2.02. The van der Waals surface area contributed by atoms with Crippen LogP contribution in [-0.2, 0) is 0 Å². The molecule has 4 nitrogen and oxygen atoms in total. The number of ketones is 1. The van der Waals surface area contributed by atoms with Gasteiger partial charge in [-0.1, -0.05) is 0 Å². The molecular formula is C14H9BrFN3O. The molecule has 20 heavy (non-hydrogen) atoms. The number of benzene rings is 1. The molecule has 0 atom stereocenters. The normalized spacial score (nSPS) is 10.9. The number of nitrogens with two attached hydrogens (primary N) is 1. The minimum atomic E-state index is -0.602. The maximum absolute atomic E-state index is 13.5. The summed E-state index contributed by atoms with van der Waals surface area (Å²) >= 11 is 3.31. The summed E-state index contributed by atoms with van der Waals surface area (Å²) in [5.74, 6) is -0.884. The zero-order valence-electron chi connectivity index (χ0n) is 10.2. The number of aromatic nitrogens is 2. The first kappa shape index (κ1) is 12.8.